The molecule has 0 heterocycles. The number of phenolic OH excluding ortho intramolecular Hbond substituents is 1. The number of aliphatic imine (C=N–C) groups is 1. The van der Waals surface area contributed by atoms with Gasteiger partial charge in [-0.05, 0) is 41.2 Å². The molecule has 33 heavy (non-hydrogen) atoms. The Morgan fingerprint density at radius 1 is 0.848 bits per heavy atom. The van der Waals surface area contributed by atoms with E-state index in [9.17, 15) is 5.11 Å². The minimum Gasteiger partial charge on any atom is -0.507 e. The molecule has 0 fully saturated rings. The molecule has 0 bridgehead atoms. The summed E-state index contributed by atoms with van der Waals surface area (Å²) in [6.07, 6.45) is 1.68. The first-order chi connectivity index (χ1) is 15.5. The third-order valence-corrected chi connectivity index (χ3v) is 5.62. The molecule has 0 unspecified atom stereocenters. The molecule has 4 nitrogen and oxygen atoms in total. The normalized spacial score (nSPS) is 12.9. The zero-order valence-electron chi connectivity index (χ0n) is 20.1. The Labute approximate surface area is 202 Å². The summed E-state index contributed by atoms with van der Waals surface area (Å²) in [5, 5.41) is 16.2. The second-order valence-electron chi connectivity index (χ2n) is 10.1. The van der Waals surface area contributed by atoms with E-state index >= 15 is 0 Å². The van der Waals surface area contributed by atoms with E-state index in [1.165, 1.54) is 0 Å². The van der Waals surface area contributed by atoms with Crippen molar-refractivity contribution in [2.45, 2.75) is 52.4 Å². The minimum atomic E-state index is -0.251. The van der Waals surface area contributed by atoms with Crippen LogP contribution in [0.25, 0.3) is 0 Å². The Morgan fingerprint density at radius 2 is 1.39 bits per heavy atom. The van der Waals surface area contributed by atoms with Gasteiger partial charge in [0.05, 0.1) is 11.9 Å². The molecule has 5 heteroatoms. The van der Waals surface area contributed by atoms with Crippen molar-refractivity contribution < 1.29 is 5.11 Å². The molecule has 172 valence electrons. The summed E-state index contributed by atoms with van der Waals surface area (Å²) in [6.45, 7) is 12.6. The number of hydrogen-bond acceptors (Lipinski definition) is 3. The molecule has 3 aromatic carbocycles. The number of rotatable bonds is 4. The number of phenols is 1. The van der Waals surface area contributed by atoms with Gasteiger partial charge in [-0.2, -0.15) is 5.10 Å². The van der Waals surface area contributed by atoms with Crippen LogP contribution < -0.4 is 5.43 Å². The predicted molar refractivity (Wildman–Crippen MR) is 140 cm³/mol. The molecule has 0 aliphatic carbocycles. The number of hydrogen-bond donors (Lipinski definition) is 2. The van der Waals surface area contributed by atoms with Crippen LogP contribution in [0.4, 0.5) is 5.69 Å². The smallest absolute Gasteiger partial charge is 0.154 e. The Balaban J connectivity index is 2.14. The fraction of sp³-hybridized carbons (Fsp3) is 0.286. The van der Waals surface area contributed by atoms with Crippen molar-refractivity contribution in [3.05, 3.63) is 94.0 Å². The van der Waals surface area contributed by atoms with Gasteiger partial charge in [-0.25, -0.2) is 4.99 Å². The van der Waals surface area contributed by atoms with Crippen LogP contribution >= 0.6 is 11.6 Å². The summed E-state index contributed by atoms with van der Waals surface area (Å²) >= 11 is 6.27. The highest BCUT2D eigenvalue weighted by atomic mass is 35.5. The van der Waals surface area contributed by atoms with Crippen molar-refractivity contribution >= 4 is 29.3 Å². The van der Waals surface area contributed by atoms with Crippen LogP contribution in [0.1, 0.15) is 63.8 Å². The Morgan fingerprint density at radius 3 is 1.94 bits per heavy atom. The number of para-hydroxylation sites is 1. The number of amidine groups is 1. The van der Waals surface area contributed by atoms with Gasteiger partial charge < -0.3 is 5.11 Å². The van der Waals surface area contributed by atoms with Gasteiger partial charge in [0.1, 0.15) is 5.75 Å². The Hall–Kier alpha value is -3.11. The van der Waals surface area contributed by atoms with Gasteiger partial charge in [0, 0.05) is 27.3 Å². The number of halogens is 1. The van der Waals surface area contributed by atoms with Gasteiger partial charge in [0.15, 0.2) is 5.84 Å². The van der Waals surface area contributed by atoms with Gasteiger partial charge >= 0.3 is 0 Å². The number of nitrogens with zero attached hydrogens (tertiary/aromatic N) is 2. The van der Waals surface area contributed by atoms with Crippen LogP contribution in [0.15, 0.2) is 76.8 Å². The monoisotopic (exact) mass is 461 g/mol. The lowest BCUT2D eigenvalue weighted by molar-refractivity contribution is 0.423. The average Bonchev–Trinajstić information content (AvgIpc) is 2.73. The Kier molecular flexibility index (Phi) is 7.28. The first-order valence-electron chi connectivity index (χ1n) is 11.0. The maximum Gasteiger partial charge on any atom is 0.154 e. The van der Waals surface area contributed by atoms with Gasteiger partial charge in [0.25, 0.3) is 0 Å². The summed E-state index contributed by atoms with van der Waals surface area (Å²) in [7, 11) is 0. The van der Waals surface area contributed by atoms with Crippen LogP contribution in [-0.2, 0) is 10.8 Å². The van der Waals surface area contributed by atoms with Crippen molar-refractivity contribution in [1.82, 2.24) is 5.43 Å². The minimum absolute atomic E-state index is 0.251. The molecule has 0 saturated heterocycles. The highest BCUT2D eigenvalue weighted by Gasteiger charge is 2.27. The second-order valence-corrected chi connectivity index (χ2v) is 10.5. The van der Waals surface area contributed by atoms with E-state index in [-0.39, 0.29) is 10.8 Å². The van der Waals surface area contributed by atoms with Gasteiger partial charge in [0.2, 0.25) is 0 Å². The highest BCUT2D eigenvalue weighted by molar-refractivity contribution is 6.33. The SMILES string of the molecule is CC(C)(C)c1cc(C(=Nc2ccccc2)N/N=C/c2ccccc2Cl)cc(C(C)(C)C)c1O. The third-order valence-electron chi connectivity index (χ3n) is 5.28. The van der Waals surface area contributed by atoms with Crippen molar-refractivity contribution in [2.24, 2.45) is 10.1 Å². The Bertz CT molecular complexity index is 1130. The van der Waals surface area contributed by atoms with Gasteiger partial charge in [-0.15, -0.1) is 0 Å². The third kappa shape index (κ3) is 6.23. The number of benzene rings is 3. The molecule has 0 spiro atoms. The molecule has 2 N–H and O–H groups in total. The van der Waals surface area contributed by atoms with E-state index in [0.717, 1.165) is 27.9 Å². The zero-order chi connectivity index (χ0) is 24.2. The van der Waals surface area contributed by atoms with E-state index in [1.54, 1.807) is 6.21 Å². The van der Waals surface area contributed by atoms with Gasteiger partial charge in [-0.3, -0.25) is 5.43 Å². The van der Waals surface area contributed by atoms with Crippen LogP contribution in [0.5, 0.6) is 5.75 Å². The fourth-order valence-corrected chi connectivity index (χ4v) is 3.63. The molecule has 0 saturated carbocycles. The maximum absolute atomic E-state index is 11.1. The van der Waals surface area contributed by atoms with Crippen LogP contribution in [-0.4, -0.2) is 17.2 Å². The summed E-state index contributed by atoms with van der Waals surface area (Å²) in [6, 6.07) is 21.2. The summed E-state index contributed by atoms with van der Waals surface area (Å²) in [5.74, 6) is 0.915. The first-order valence-corrected chi connectivity index (χ1v) is 11.4. The molecule has 0 amide bonds. The van der Waals surface area contributed by atoms with E-state index in [0.29, 0.717) is 16.6 Å². The molecule has 0 aliphatic heterocycles. The van der Waals surface area contributed by atoms with E-state index in [1.807, 2.05) is 66.7 Å². The molecule has 3 aromatic rings. The lowest BCUT2D eigenvalue weighted by Crippen LogP contribution is -2.23. The highest BCUT2D eigenvalue weighted by Crippen LogP contribution is 2.40. The van der Waals surface area contributed by atoms with Crippen molar-refractivity contribution in [3.8, 4) is 5.75 Å². The lowest BCUT2D eigenvalue weighted by atomic mass is 9.78. The van der Waals surface area contributed by atoms with E-state index < -0.39 is 0 Å². The molecular formula is C28H32ClN3O. The quantitative estimate of drug-likeness (QED) is 0.242. The number of aromatic hydroxyl groups is 1. The molecule has 0 aromatic heterocycles. The standard InChI is InChI=1S/C28H32ClN3O/c1-27(2,3)22-16-20(17-23(25(22)33)28(4,5)6)26(31-21-13-8-7-9-14-21)32-30-18-19-12-10-11-15-24(19)29/h7-18,33H,1-6H3,(H,31,32)/b30-18+. The predicted octanol–water partition coefficient (Wildman–Crippen LogP) is 7.34. The van der Waals surface area contributed by atoms with Crippen LogP contribution in [0.2, 0.25) is 5.02 Å². The summed E-state index contributed by atoms with van der Waals surface area (Å²) in [5.41, 5.74) is 6.80. The molecule has 0 atom stereocenters. The largest absolute Gasteiger partial charge is 0.507 e. The average molecular weight is 462 g/mol. The topological polar surface area (TPSA) is 57.0 Å². The summed E-state index contributed by atoms with van der Waals surface area (Å²) in [4.78, 5) is 4.84. The maximum atomic E-state index is 11.1. The van der Waals surface area contributed by atoms with E-state index in [2.05, 4.69) is 52.1 Å². The van der Waals surface area contributed by atoms with Crippen LogP contribution in [0.3, 0.4) is 0 Å². The van der Waals surface area contributed by atoms with Gasteiger partial charge in [-0.1, -0.05) is 89.5 Å². The van der Waals surface area contributed by atoms with Crippen molar-refractivity contribution in [2.75, 3.05) is 0 Å². The number of hydrazone groups is 1. The molecule has 0 aliphatic rings. The molecular weight excluding hydrogens is 430 g/mol. The molecule has 3 rings (SSSR count). The fourth-order valence-electron chi connectivity index (χ4n) is 3.44. The van der Waals surface area contributed by atoms with Crippen LogP contribution in [0, 0.1) is 0 Å². The van der Waals surface area contributed by atoms with Crippen molar-refractivity contribution in [3.63, 3.8) is 0 Å². The van der Waals surface area contributed by atoms with Crippen molar-refractivity contribution in [1.29, 1.82) is 0 Å². The first kappa shape index (κ1) is 24.5. The second kappa shape index (κ2) is 9.80. The summed E-state index contributed by atoms with van der Waals surface area (Å²) < 4.78 is 0. The van der Waals surface area contributed by atoms with E-state index in [4.69, 9.17) is 16.6 Å². The molecule has 0 radical (unpaired) electrons. The number of nitrogens with one attached hydrogen (secondary N) is 1. The lowest BCUT2D eigenvalue weighted by Gasteiger charge is -2.28. The zero-order valence-corrected chi connectivity index (χ0v) is 20.9.